The summed E-state index contributed by atoms with van der Waals surface area (Å²) in [7, 11) is -2.85. The highest BCUT2D eigenvalue weighted by atomic mass is 32.2. The number of methoxy groups -OCH3 is 1. The number of anilines is 2. The van der Waals surface area contributed by atoms with E-state index in [1.165, 1.54) is 25.3 Å². The number of hydrogen-bond donors (Lipinski definition) is 2. The van der Waals surface area contributed by atoms with Crippen LogP contribution in [0.4, 0.5) is 20.2 Å². The summed E-state index contributed by atoms with van der Waals surface area (Å²) in [4.78, 5) is 12.1. The van der Waals surface area contributed by atoms with Gasteiger partial charge in [-0.2, -0.15) is 0 Å². The quantitative estimate of drug-likeness (QED) is 0.633. The molecule has 0 fully saturated rings. The van der Waals surface area contributed by atoms with Crippen molar-refractivity contribution in [1.29, 1.82) is 0 Å². The largest absolute Gasteiger partial charge is 0.495 e. The average Bonchev–Trinajstić information content (AvgIpc) is 2.70. The van der Waals surface area contributed by atoms with Crippen molar-refractivity contribution in [1.82, 2.24) is 0 Å². The van der Waals surface area contributed by atoms with E-state index in [0.29, 0.717) is 11.6 Å². The van der Waals surface area contributed by atoms with Crippen LogP contribution in [0.5, 0.6) is 5.75 Å². The monoisotopic (exact) mass is 418 g/mol. The van der Waals surface area contributed by atoms with Crippen molar-refractivity contribution in [2.45, 2.75) is 4.90 Å². The summed E-state index contributed by atoms with van der Waals surface area (Å²) < 4.78 is 59.3. The first-order valence-electron chi connectivity index (χ1n) is 8.32. The lowest BCUT2D eigenvalue weighted by Crippen LogP contribution is -2.16. The molecule has 0 spiro atoms. The van der Waals surface area contributed by atoms with E-state index in [9.17, 15) is 22.0 Å². The number of amides is 1. The fraction of sp³-hybridized carbons (Fsp3) is 0.0500. The summed E-state index contributed by atoms with van der Waals surface area (Å²) in [5.74, 6) is -2.11. The molecule has 0 aromatic heterocycles. The predicted octanol–water partition coefficient (Wildman–Crippen LogP) is 4.03. The molecule has 6 nitrogen and oxygen atoms in total. The SMILES string of the molecule is COc1ccc(S(=O)(=O)Nc2ccc(F)cc2F)cc1NC(=O)c1ccccc1. The Bertz CT molecular complexity index is 1150. The van der Waals surface area contributed by atoms with Crippen molar-refractivity contribution in [3.05, 3.63) is 83.9 Å². The summed E-state index contributed by atoms with van der Waals surface area (Å²) >= 11 is 0. The van der Waals surface area contributed by atoms with E-state index in [0.717, 1.165) is 12.1 Å². The van der Waals surface area contributed by atoms with Gasteiger partial charge in [0.15, 0.2) is 0 Å². The minimum Gasteiger partial charge on any atom is -0.495 e. The lowest BCUT2D eigenvalue weighted by atomic mass is 10.2. The standard InChI is InChI=1S/C20H16F2N2O4S/c1-28-19-10-8-15(12-18(19)23-20(25)13-5-3-2-4-6-13)29(26,27)24-17-9-7-14(21)11-16(17)22/h2-12,24H,1H3,(H,23,25). The average molecular weight is 418 g/mol. The van der Waals surface area contributed by atoms with Crippen molar-refractivity contribution < 1.29 is 26.7 Å². The molecule has 2 N–H and O–H groups in total. The third-order valence-corrected chi connectivity index (χ3v) is 5.30. The van der Waals surface area contributed by atoms with Crippen molar-refractivity contribution in [3.63, 3.8) is 0 Å². The van der Waals surface area contributed by atoms with Crippen LogP contribution >= 0.6 is 0 Å². The topological polar surface area (TPSA) is 84.5 Å². The Kier molecular flexibility index (Phi) is 5.79. The van der Waals surface area contributed by atoms with Crippen molar-refractivity contribution in [3.8, 4) is 5.75 Å². The second-order valence-electron chi connectivity index (χ2n) is 5.91. The van der Waals surface area contributed by atoms with E-state index < -0.39 is 33.3 Å². The van der Waals surface area contributed by atoms with Gasteiger partial charge < -0.3 is 10.1 Å². The van der Waals surface area contributed by atoms with E-state index in [2.05, 4.69) is 10.0 Å². The van der Waals surface area contributed by atoms with Gasteiger partial charge in [0.05, 0.1) is 23.4 Å². The first-order valence-corrected chi connectivity index (χ1v) is 9.81. The molecule has 3 aromatic rings. The minimum atomic E-state index is -4.22. The lowest BCUT2D eigenvalue weighted by Gasteiger charge is -2.14. The second kappa shape index (κ2) is 8.27. The van der Waals surface area contributed by atoms with E-state index in [-0.39, 0.29) is 16.3 Å². The Morgan fingerprint density at radius 1 is 0.931 bits per heavy atom. The van der Waals surface area contributed by atoms with E-state index in [4.69, 9.17) is 4.74 Å². The summed E-state index contributed by atoms with van der Waals surface area (Å²) in [5, 5.41) is 2.59. The highest BCUT2D eigenvalue weighted by molar-refractivity contribution is 7.92. The highest BCUT2D eigenvalue weighted by Crippen LogP contribution is 2.29. The number of sulfonamides is 1. The molecule has 0 heterocycles. The summed E-state index contributed by atoms with van der Waals surface area (Å²) in [5.41, 5.74) is 0.0789. The molecule has 29 heavy (non-hydrogen) atoms. The third kappa shape index (κ3) is 4.69. The van der Waals surface area contributed by atoms with Gasteiger partial charge in [-0.1, -0.05) is 18.2 Å². The van der Waals surface area contributed by atoms with Crippen LogP contribution < -0.4 is 14.8 Å². The predicted molar refractivity (Wildman–Crippen MR) is 105 cm³/mol. The van der Waals surface area contributed by atoms with Gasteiger partial charge in [-0.15, -0.1) is 0 Å². The third-order valence-electron chi connectivity index (χ3n) is 3.94. The lowest BCUT2D eigenvalue weighted by molar-refractivity contribution is 0.102. The van der Waals surface area contributed by atoms with Crippen molar-refractivity contribution >= 4 is 27.3 Å². The Balaban J connectivity index is 1.91. The number of carbonyl (C=O) groups excluding carboxylic acids is 1. The smallest absolute Gasteiger partial charge is 0.262 e. The Morgan fingerprint density at radius 3 is 2.31 bits per heavy atom. The Morgan fingerprint density at radius 2 is 1.66 bits per heavy atom. The van der Waals surface area contributed by atoms with E-state index >= 15 is 0 Å². The molecule has 0 radical (unpaired) electrons. The molecule has 0 atom stereocenters. The fourth-order valence-electron chi connectivity index (χ4n) is 2.51. The molecule has 0 saturated carbocycles. The minimum absolute atomic E-state index is 0.115. The number of carbonyl (C=O) groups is 1. The van der Waals surface area contributed by atoms with Crippen LogP contribution in [-0.4, -0.2) is 21.4 Å². The molecule has 0 saturated heterocycles. The maximum atomic E-state index is 13.8. The van der Waals surface area contributed by atoms with E-state index in [1.807, 2.05) is 0 Å². The van der Waals surface area contributed by atoms with Gasteiger partial charge in [0.2, 0.25) is 0 Å². The van der Waals surface area contributed by atoms with Crippen LogP contribution in [0.3, 0.4) is 0 Å². The van der Waals surface area contributed by atoms with Crippen LogP contribution in [0.25, 0.3) is 0 Å². The number of rotatable bonds is 6. The second-order valence-corrected chi connectivity index (χ2v) is 7.59. The number of benzene rings is 3. The van der Waals surface area contributed by atoms with E-state index in [1.54, 1.807) is 30.3 Å². The van der Waals surface area contributed by atoms with Gasteiger partial charge in [-0.3, -0.25) is 9.52 Å². The van der Waals surface area contributed by atoms with Crippen LogP contribution in [0, 0.1) is 11.6 Å². The van der Waals surface area contributed by atoms with Crippen LogP contribution in [0.15, 0.2) is 71.6 Å². The zero-order valence-electron chi connectivity index (χ0n) is 15.1. The number of hydrogen-bond acceptors (Lipinski definition) is 4. The molecule has 1 amide bonds. The maximum Gasteiger partial charge on any atom is 0.262 e. The number of nitrogens with one attached hydrogen (secondary N) is 2. The van der Waals surface area contributed by atoms with Crippen molar-refractivity contribution in [2.24, 2.45) is 0 Å². The summed E-state index contributed by atoms with van der Waals surface area (Å²) in [6.07, 6.45) is 0. The zero-order valence-corrected chi connectivity index (χ0v) is 16.0. The van der Waals surface area contributed by atoms with Crippen molar-refractivity contribution in [2.75, 3.05) is 17.1 Å². The first kappa shape index (κ1) is 20.3. The summed E-state index contributed by atoms with van der Waals surface area (Å²) in [6, 6.07) is 14.6. The van der Waals surface area contributed by atoms with Gasteiger partial charge in [0.25, 0.3) is 15.9 Å². The Labute approximate surface area is 166 Å². The van der Waals surface area contributed by atoms with Crippen LogP contribution in [-0.2, 0) is 10.0 Å². The van der Waals surface area contributed by atoms with Gasteiger partial charge in [-0.05, 0) is 42.5 Å². The normalized spacial score (nSPS) is 11.0. The molecule has 0 aliphatic carbocycles. The molecule has 0 unspecified atom stereocenters. The molecule has 3 aromatic carbocycles. The molecule has 9 heteroatoms. The van der Waals surface area contributed by atoms with Crippen LogP contribution in [0.1, 0.15) is 10.4 Å². The van der Waals surface area contributed by atoms with Gasteiger partial charge >= 0.3 is 0 Å². The molecule has 3 rings (SSSR count). The van der Waals surface area contributed by atoms with Crippen LogP contribution in [0.2, 0.25) is 0 Å². The zero-order chi connectivity index (χ0) is 21.0. The Hall–Kier alpha value is -3.46. The molecular weight excluding hydrogens is 402 g/mol. The summed E-state index contributed by atoms with van der Waals surface area (Å²) in [6.45, 7) is 0. The molecule has 0 aliphatic rings. The first-order chi connectivity index (χ1) is 13.8. The number of halogens is 2. The van der Waals surface area contributed by atoms with Gasteiger partial charge in [0.1, 0.15) is 17.4 Å². The van der Waals surface area contributed by atoms with Gasteiger partial charge in [-0.25, -0.2) is 17.2 Å². The highest BCUT2D eigenvalue weighted by Gasteiger charge is 2.20. The maximum absolute atomic E-state index is 13.8. The fourth-order valence-corrected chi connectivity index (χ4v) is 3.60. The molecule has 150 valence electrons. The molecule has 0 bridgehead atoms. The molecule has 0 aliphatic heterocycles. The molecular formula is C20H16F2N2O4S. The van der Waals surface area contributed by atoms with Gasteiger partial charge in [0, 0.05) is 11.6 Å². The number of ether oxygens (including phenoxy) is 1.